The molecule has 0 bridgehead atoms. The lowest BCUT2D eigenvalue weighted by atomic mass is 10.3. The Kier molecular flexibility index (Phi) is 2.18. The smallest absolute Gasteiger partial charge is 0.139 e. The van der Waals surface area contributed by atoms with Crippen LogP contribution in [-0.2, 0) is 0 Å². The van der Waals surface area contributed by atoms with Gasteiger partial charge in [-0.25, -0.2) is 9.97 Å². The van der Waals surface area contributed by atoms with E-state index in [1.807, 2.05) is 6.07 Å². The molecule has 6 heteroatoms. The van der Waals surface area contributed by atoms with Crippen molar-refractivity contribution in [3.63, 3.8) is 0 Å². The van der Waals surface area contributed by atoms with E-state index in [-0.39, 0.29) is 0 Å². The number of aromatic nitrogens is 4. The van der Waals surface area contributed by atoms with E-state index in [4.69, 9.17) is 5.73 Å². The second-order valence-corrected chi connectivity index (χ2v) is 2.58. The van der Waals surface area contributed by atoms with Crippen molar-refractivity contribution in [1.82, 2.24) is 19.9 Å². The summed E-state index contributed by atoms with van der Waals surface area (Å²) in [6.07, 6.45) is 6.18. The molecule has 0 aliphatic heterocycles. The van der Waals surface area contributed by atoms with E-state index in [0.717, 1.165) is 5.56 Å². The van der Waals surface area contributed by atoms with Gasteiger partial charge >= 0.3 is 0 Å². The number of nitrogens with two attached hydrogens (primary N) is 1. The number of anilines is 1. The van der Waals surface area contributed by atoms with E-state index in [0.29, 0.717) is 5.82 Å². The number of pyridine rings is 1. The van der Waals surface area contributed by atoms with E-state index >= 15 is 0 Å². The molecule has 70 valence electrons. The minimum Gasteiger partial charge on any atom is -0.384 e. The maximum atomic E-state index is 5.43. The molecule has 0 saturated heterocycles. The van der Waals surface area contributed by atoms with Gasteiger partial charge in [0.05, 0.1) is 6.21 Å². The Labute approximate surface area is 80.1 Å². The van der Waals surface area contributed by atoms with Gasteiger partial charge in [0, 0.05) is 11.8 Å². The number of nitrogen functional groups attached to an aromatic ring is 1. The largest absolute Gasteiger partial charge is 0.384 e. The number of nitrogens with zero attached hydrogens (tertiary/aromatic N) is 5. The van der Waals surface area contributed by atoms with Crippen molar-refractivity contribution in [2.45, 2.75) is 0 Å². The lowest BCUT2D eigenvalue weighted by Crippen LogP contribution is -1.93. The zero-order chi connectivity index (χ0) is 9.80. The molecular formula is C8H8N6. The van der Waals surface area contributed by atoms with Gasteiger partial charge in [-0.15, -0.1) is 9.89 Å². The molecule has 14 heavy (non-hydrogen) atoms. The number of hydrogen-bond acceptors (Lipinski definition) is 5. The van der Waals surface area contributed by atoms with Gasteiger partial charge < -0.3 is 5.73 Å². The molecule has 0 atom stereocenters. The van der Waals surface area contributed by atoms with Gasteiger partial charge in [-0.2, -0.15) is 5.10 Å². The summed E-state index contributed by atoms with van der Waals surface area (Å²) in [6, 6.07) is 3.53. The Morgan fingerprint density at radius 3 is 3.00 bits per heavy atom. The van der Waals surface area contributed by atoms with Crippen LogP contribution in [-0.4, -0.2) is 26.1 Å². The summed E-state index contributed by atoms with van der Waals surface area (Å²) in [5, 5.41) is 7.81. The summed E-state index contributed by atoms with van der Waals surface area (Å²) in [5.41, 5.74) is 6.29. The first kappa shape index (κ1) is 8.36. The third-order valence-corrected chi connectivity index (χ3v) is 1.54. The van der Waals surface area contributed by atoms with Crippen LogP contribution in [0, 0.1) is 0 Å². The molecule has 0 spiro atoms. The van der Waals surface area contributed by atoms with Crippen LogP contribution < -0.4 is 5.73 Å². The molecule has 0 unspecified atom stereocenters. The maximum absolute atomic E-state index is 5.43. The summed E-state index contributed by atoms with van der Waals surface area (Å²) in [6.45, 7) is 0. The highest BCUT2D eigenvalue weighted by molar-refractivity contribution is 5.79. The molecule has 2 heterocycles. The molecule has 0 aromatic carbocycles. The van der Waals surface area contributed by atoms with E-state index in [1.54, 1.807) is 18.5 Å². The summed E-state index contributed by atoms with van der Waals surface area (Å²) in [7, 11) is 0. The van der Waals surface area contributed by atoms with E-state index in [1.165, 1.54) is 17.4 Å². The van der Waals surface area contributed by atoms with Crippen LogP contribution in [0.25, 0.3) is 0 Å². The first-order valence-corrected chi connectivity index (χ1v) is 3.95. The predicted octanol–water partition coefficient (Wildman–Crippen LogP) is 0.138. The maximum Gasteiger partial charge on any atom is 0.139 e. The highest BCUT2D eigenvalue weighted by atomic mass is 15.5. The topological polar surface area (TPSA) is 82.0 Å². The summed E-state index contributed by atoms with van der Waals surface area (Å²) in [5.74, 6) is 0.489. The first-order chi connectivity index (χ1) is 6.84. The minimum absolute atomic E-state index is 0.489. The molecule has 0 radical (unpaired) electrons. The van der Waals surface area contributed by atoms with Crippen molar-refractivity contribution < 1.29 is 0 Å². The second-order valence-electron chi connectivity index (χ2n) is 2.58. The van der Waals surface area contributed by atoms with Crippen molar-refractivity contribution in [2.24, 2.45) is 5.10 Å². The Balaban J connectivity index is 2.15. The van der Waals surface area contributed by atoms with Crippen molar-refractivity contribution in [2.75, 3.05) is 5.73 Å². The Morgan fingerprint density at radius 2 is 2.36 bits per heavy atom. The van der Waals surface area contributed by atoms with E-state index in [2.05, 4.69) is 20.2 Å². The fourth-order valence-electron chi connectivity index (χ4n) is 0.881. The van der Waals surface area contributed by atoms with Gasteiger partial charge in [0.1, 0.15) is 18.5 Å². The highest BCUT2D eigenvalue weighted by Crippen LogP contribution is 1.97. The monoisotopic (exact) mass is 188 g/mol. The van der Waals surface area contributed by atoms with Crippen LogP contribution in [0.5, 0.6) is 0 Å². The standard InChI is InChI=1S/C8H8N6/c9-8-2-1-7(3-11-8)4-12-14-6-10-5-13-14/h1-6H,(H2,9,11)/b12-4+. The van der Waals surface area contributed by atoms with Crippen molar-refractivity contribution >= 4 is 12.0 Å². The van der Waals surface area contributed by atoms with Crippen molar-refractivity contribution in [3.05, 3.63) is 36.5 Å². The third kappa shape index (κ3) is 1.92. The molecule has 0 aliphatic rings. The number of hydrogen-bond donors (Lipinski definition) is 1. The normalized spacial score (nSPS) is 10.9. The van der Waals surface area contributed by atoms with Crippen LogP contribution >= 0.6 is 0 Å². The average Bonchev–Trinajstić information content (AvgIpc) is 2.70. The zero-order valence-electron chi connectivity index (χ0n) is 7.28. The third-order valence-electron chi connectivity index (χ3n) is 1.54. The first-order valence-electron chi connectivity index (χ1n) is 3.95. The molecule has 6 nitrogen and oxygen atoms in total. The quantitative estimate of drug-likeness (QED) is 0.679. The molecule has 2 rings (SSSR count). The molecular weight excluding hydrogens is 180 g/mol. The fraction of sp³-hybridized carbons (Fsp3) is 0. The van der Waals surface area contributed by atoms with E-state index in [9.17, 15) is 0 Å². The molecule has 0 fully saturated rings. The zero-order valence-corrected chi connectivity index (χ0v) is 7.28. The van der Waals surface area contributed by atoms with Crippen LogP contribution in [0.1, 0.15) is 5.56 Å². The average molecular weight is 188 g/mol. The van der Waals surface area contributed by atoms with Crippen LogP contribution in [0.4, 0.5) is 5.82 Å². The molecule has 0 saturated carbocycles. The van der Waals surface area contributed by atoms with Gasteiger partial charge in [0.2, 0.25) is 0 Å². The predicted molar refractivity (Wildman–Crippen MR) is 51.7 cm³/mol. The summed E-state index contributed by atoms with van der Waals surface area (Å²) >= 11 is 0. The van der Waals surface area contributed by atoms with Crippen LogP contribution in [0.2, 0.25) is 0 Å². The fourth-order valence-corrected chi connectivity index (χ4v) is 0.881. The van der Waals surface area contributed by atoms with E-state index < -0.39 is 0 Å². The van der Waals surface area contributed by atoms with Gasteiger partial charge in [-0.1, -0.05) is 0 Å². The molecule has 2 aromatic rings. The van der Waals surface area contributed by atoms with Crippen molar-refractivity contribution in [1.29, 1.82) is 0 Å². The lowest BCUT2D eigenvalue weighted by Gasteiger charge is -1.92. The van der Waals surface area contributed by atoms with Gasteiger partial charge in [-0.3, -0.25) is 0 Å². The highest BCUT2D eigenvalue weighted by Gasteiger charge is 1.89. The second kappa shape index (κ2) is 3.65. The van der Waals surface area contributed by atoms with Gasteiger partial charge in [0.15, 0.2) is 0 Å². The van der Waals surface area contributed by atoms with Crippen LogP contribution in [0.3, 0.4) is 0 Å². The molecule has 0 aliphatic carbocycles. The summed E-state index contributed by atoms with van der Waals surface area (Å²) in [4.78, 5) is 9.03. The Bertz CT molecular complexity index is 416. The minimum atomic E-state index is 0.489. The van der Waals surface area contributed by atoms with Crippen LogP contribution in [0.15, 0.2) is 36.1 Å². The van der Waals surface area contributed by atoms with Gasteiger partial charge in [0.25, 0.3) is 0 Å². The Hall–Kier alpha value is -2.24. The Morgan fingerprint density at radius 1 is 1.43 bits per heavy atom. The van der Waals surface area contributed by atoms with Gasteiger partial charge in [-0.05, 0) is 12.1 Å². The molecule has 0 amide bonds. The molecule has 2 N–H and O–H groups in total. The summed E-state index contributed by atoms with van der Waals surface area (Å²) < 4.78 is 0. The SMILES string of the molecule is Nc1ccc(/C=N/n2cncn2)cn1. The number of rotatable bonds is 2. The van der Waals surface area contributed by atoms with Crippen molar-refractivity contribution in [3.8, 4) is 0 Å². The lowest BCUT2D eigenvalue weighted by molar-refractivity contribution is 0.743. The molecule has 2 aromatic heterocycles.